The van der Waals surface area contributed by atoms with Crippen LogP contribution in [0.1, 0.15) is 5.56 Å². The number of benzene rings is 2. The number of carbonyl (C=O) groups excluding carboxylic acids is 1. The number of alkyl carbamates (subject to hydrolysis) is 1. The Morgan fingerprint density at radius 1 is 1.17 bits per heavy atom. The molecule has 1 unspecified atom stereocenters. The van der Waals surface area contributed by atoms with E-state index in [4.69, 9.17) is 0 Å². The number of ether oxygens (including phenoxy) is 1. The molecule has 1 amide bonds. The number of thioether (sulfide) groups is 1. The second kappa shape index (κ2) is 6.97. The highest BCUT2D eigenvalue weighted by molar-refractivity contribution is 8.08. The highest BCUT2D eigenvalue weighted by Crippen LogP contribution is 2.30. The number of anilines is 1. The first-order valence-corrected chi connectivity index (χ1v) is 8.42. The predicted molar refractivity (Wildman–Crippen MR) is 97.4 cm³/mol. The zero-order chi connectivity index (χ0) is 17.1. The van der Waals surface area contributed by atoms with Gasteiger partial charge in [0.25, 0.3) is 0 Å². The lowest BCUT2D eigenvalue weighted by Gasteiger charge is -2.20. The van der Waals surface area contributed by atoms with E-state index in [2.05, 4.69) is 50.3 Å². The molecule has 5 nitrogen and oxygen atoms in total. The first-order chi connectivity index (χ1) is 11.6. The first-order valence-electron chi connectivity index (χ1n) is 7.54. The Labute approximate surface area is 145 Å². The largest absolute Gasteiger partial charge is 0.453 e. The molecule has 124 valence electrons. The normalized spacial score (nSPS) is 16.0. The van der Waals surface area contributed by atoms with Gasteiger partial charge in [-0.3, -0.25) is 5.32 Å². The van der Waals surface area contributed by atoms with Crippen LogP contribution in [-0.2, 0) is 4.74 Å². The summed E-state index contributed by atoms with van der Waals surface area (Å²) >= 11 is 1.51. The number of hydrogen-bond donors (Lipinski definition) is 1. The van der Waals surface area contributed by atoms with Crippen molar-refractivity contribution in [3.8, 4) is 0 Å². The van der Waals surface area contributed by atoms with Crippen molar-refractivity contribution < 1.29 is 9.53 Å². The molecule has 6 heteroatoms. The summed E-state index contributed by atoms with van der Waals surface area (Å²) in [5.74, 6) is 0. The number of rotatable bonds is 3. The van der Waals surface area contributed by atoms with Crippen LogP contribution >= 0.6 is 11.8 Å². The Morgan fingerprint density at radius 3 is 2.54 bits per heavy atom. The van der Waals surface area contributed by atoms with Gasteiger partial charge in [0, 0.05) is 29.9 Å². The summed E-state index contributed by atoms with van der Waals surface area (Å²) in [5.41, 5.74) is 1.84. The molecule has 0 fully saturated rings. The molecule has 0 aromatic heterocycles. The maximum Gasteiger partial charge on any atom is 0.409 e. The fraction of sp³-hybridized carbons (Fsp3) is 0.222. The molecule has 2 aromatic carbocycles. The third-order valence-electron chi connectivity index (χ3n) is 3.71. The first kappa shape index (κ1) is 16.4. The number of carbonyl (C=O) groups is 1. The molecule has 1 aliphatic heterocycles. The SMILES string of the molecule is COC(=O)NC1N=c2ccccc2=C(c2ccc(N(C)C)cc2)S1. The van der Waals surface area contributed by atoms with Crippen LogP contribution in [0.25, 0.3) is 4.91 Å². The molecule has 0 aliphatic carbocycles. The Morgan fingerprint density at radius 2 is 1.88 bits per heavy atom. The molecular formula is C18H19N3O2S. The van der Waals surface area contributed by atoms with Crippen LogP contribution in [0.3, 0.4) is 0 Å². The Kier molecular flexibility index (Phi) is 4.76. The summed E-state index contributed by atoms with van der Waals surface area (Å²) in [6, 6.07) is 16.3. The summed E-state index contributed by atoms with van der Waals surface area (Å²) in [7, 11) is 5.38. The monoisotopic (exact) mass is 341 g/mol. The van der Waals surface area contributed by atoms with Gasteiger partial charge in [0.05, 0.1) is 12.5 Å². The fourth-order valence-corrected chi connectivity index (χ4v) is 3.58. The van der Waals surface area contributed by atoms with Crippen molar-refractivity contribution in [3.05, 3.63) is 64.7 Å². The number of nitrogens with one attached hydrogen (secondary N) is 1. The van der Waals surface area contributed by atoms with Gasteiger partial charge in [-0.15, -0.1) is 0 Å². The predicted octanol–water partition coefficient (Wildman–Crippen LogP) is 1.92. The van der Waals surface area contributed by atoms with E-state index in [0.29, 0.717) is 0 Å². The number of amides is 1. The summed E-state index contributed by atoms with van der Waals surface area (Å²) in [6.45, 7) is 0. The Bertz CT molecular complexity index is 863. The third-order valence-corrected chi connectivity index (χ3v) is 4.84. The van der Waals surface area contributed by atoms with Gasteiger partial charge in [0.2, 0.25) is 0 Å². The van der Waals surface area contributed by atoms with E-state index in [1.165, 1.54) is 18.9 Å². The van der Waals surface area contributed by atoms with Gasteiger partial charge in [0.15, 0.2) is 5.50 Å². The van der Waals surface area contributed by atoms with Crippen LogP contribution < -0.4 is 20.8 Å². The van der Waals surface area contributed by atoms with E-state index >= 15 is 0 Å². The molecule has 0 spiro atoms. The standard InChI is InChI=1S/C18H19N3O2S/c1-21(2)13-10-8-12(9-11-13)16-14-6-4-5-7-15(14)19-17(24-16)20-18(22)23-3/h4-11,17H,1-3H3,(H,20,22). The Hall–Kier alpha value is -2.47. The lowest BCUT2D eigenvalue weighted by molar-refractivity contribution is 0.170. The van der Waals surface area contributed by atoms with Crippen LogP contribution in [0, 0.1) is 0 Å². The van der Waals surface area contributed by atoms with E-state index in [9.17, 15) is 4.79 Å². The van der Waals surface area contributed by atoms with Gasteiger partial charge in [-0.2, -0.15) is 0 Å². The van der Waals surface area contributed by atoms with E-state index in [0.717, 1.165) is 26.7 Å². The van der Waals surface area contributed by atoms with Gasteiger partial charge in [-0.05, 0) is 23.8 Å². The number of methoxy groups -OCH3 is 1. The molecule has 0 bridgehead atoms. The number of para-hydroxylation sites is 1. The topological polar surface area (TPSA) is 53.9 Å². The molecule has 2 aromatic rings. The van der Waals surface area contributed by atoms with Crippen LogP contribution in [0.2, 0.25) is 0 Å². The lowest BCUT2D eigenvalue weighted by Crippen LogP contribution is -2.39. The van der Waals surface area contributed by atoms with Crippen molar-refractivity contribution in [2.24, 2.45) is 4.99 Å². The van der Waals surface area contributed by atoms with Crippen molar-refractivity contribution in [3.63, 3.8) is 0 Å². The fourth-order valence-electron chi connectivity index (χ4n) is 2.46. The lowest BCUT2D eigenvalue weighted by atomic mass is 10.1. The smallest absolute Gasteiger partial charge is 0.409 e. The van der Waals surface area contributed by atoms with E-state index in [-0.39, 0.29) is 0 Å². The van der Waals surface area contributed by atoms with E-state index in [1.54, 1.807) is 0 Å². The highest BCUT2D eigenvalue weighted by atomic mass is 32.2. The average Bonchev–Trinajstić information content (AvgIpc) is 2.61. The second-order valence-electron chi connectivity index (χ2n) is 5.52. The average molecular weight is 341 g/mol. The highest BCUT2D eigenvalue weighted by Gasteiger charge is 2.19. The van der Waals surface area contributed by atoms with Crippen molar-refractivity contribution in [1.29, 1.82) is 0 Å². The zero-order valence-electron chi connectivity index (χ0n) is 13.8. The van der Waals surface area contributed by atoms with Crippen molar-refractivity contribution in [2.75, 3.05) is 26.1 Å². The molecule has 1 aliphatic rings. The minimum atomic E-state index is -0.488. The van der Waals surface area contributed by atoms with Crippen LogP contribution in [0.5, 0.6) is 0 Å². The maximum absolute atomic E-state index is 11.5. The molecule has 0 radical (unpaired) electrons. The zero-order valence-corrected chi connectivity index (χ0v) is 14.6. The molecule has 0 saturated heterocycles. The molecular weight excluding hydrogens is 322 g/mol. The van der Waals surface area contributed by atoms with Crippen molar-refractivity contribution in [2.45, 2.75) is 5.50 Å². The van der Waals surface area contributed by atoms with Gasteiger partial charge in [0.1, 0.15) is 0 Å². The molecule has 1 atom stereocenters. The van der Waals surface area contributed by atoms with Gasteiger partial charge < -0.3 is 9.64 Å². The number of hydrogen-bond acceptors (Lipinski definition) is 5. The van der Waals surface area contributed by atoms with Crippen LogP contribution in [0.15, 0.2) is 53.5 Å². The number of fused-ring (bicyclic) bond motifs is 1. The molecule has 24 heavy (non-hydrogen) atoms. The summed E-state index contributed by atoms with van der Waals surface area (Å²) in [5, 5.41) is 4.68. The molecule has 1 heterocycles. The van der Waals surface area contributed by atoms with Crippen molar-refractivity contribution in [1.82, 2.24) is 5.32 Å². The van der Waals surface area contributed by atoms with E-state index in [1.807, 2.05) is 32.3 Å². The van der Waals surface area contributed by atoms with Gasteiger partial charge in [-0.25, -0.2) is 9.79 Å². The van der Waals surface area contributed by atoms with Gasteiger partial charge >= 0.3 is 6.09 Å². The van der Waals surface area contributed by atoms with Gasteiger partial charge in [-0.1, -0.05) is 42.1 Å². The second-order valence-corrected chi connectivity index (χ2v) is 6.61. The third kappa shape index (κ3) is 3.38. The molecule has 3 rings (SSSR count). The quantitative estimate of drug-likeness (QED) is 0.927. The van der Waals surface area contributed by atoms with Crippen LogP contribution in [-0.4, -0.2) is 32.8 Å². The maximum atomic E-state index is 11.5. The van der Waals surface area contributed by atoms with Crippen molar-refractivity contribution >= 4 is 28.4 Å². The minimum absolute atomic E-state index is 0.407. The van der Waals surface area contributed by atoms with E-state index < -0.39 is 11.6 Å². The van der Waals surface area contributed by atoms with Crippen LogP contribution in [0.4, 0.5) is 10.5 Å². The molecule has 1 N–H and O–H groups in total. The summed E-state index contributed by atoms with van der Waals surface area (Å²) in [6.07, 6.45) is -0.488. The Balaban J connectivity index is 2.04. The summed E-state index contributed by atoms with van der Waals surface area (Å²) in [4.78, 5) is 19.3. The minimum Gasteiger partial charge on any atom is -0.453 e. The number of nitrogens with zero attached hydrogens (tertiary/aromatic N) is 2. The summed E-state index contributed by atoms with van der Waals surface area (Å²) < 4.78 is 4.69. The molecule has 0 saturated carbocycles.